The number of morpholine rings is 1. The molecule has 0 radical (unpaired) electrons. The number of benzene rings is 2. The van der Waals surface area contributed by atoms with Crippen molar-refractivity contribution in [3.05, 3.63) is 42.0 Å². The van der Waals surface area contributed by atoms with Crippen LogP contribution in [0, 0.1) is 5.92 Å². The van der Waals surface area contributed by atoms with Gasteiger partial charge < -0.3 is 14.4 Å². The molecule has 0 aromatic heterocycles. The monoisotopic (exact) mass is 394 g/mol. The average molecular weight is 395 g/mol. The van der Waals surface area contributed by atoms with Gasteiger partial charge in [-0.15, -0.1) is 0 Å². The van der Waals surface area contributed by atoms with Gasteiger partial charge in [-0.1, -0.05) is 18.2 Å². The van der Waals surface area contributed by atoms with Crippen LogP contribution in [0.1, 0.15) is 37.4 Å². The van der Waals surface area contributed by atoms with Crippen LogP contribution in [0.2, 0.25) is 0 Å². The number of likely N-dealkylation sites (tertiary alicyclic amines) is 1. The van der Waals surface area contributed by atoms with E-state index in [1.807, 2.05) is 6.07 Å². The Bertz CT molecular complexity index is 887. The lowest BCUT2D eigenvalue weighted by Crippen LogP contribution is -2.50. The molecule has 2 aromatic carbocycles. The van der Waals surface area contributed by atoms with Gasteiger partial charge in [0.05, 0.1) is 19.8 Å². The van der Waals surface area contributed by atoms with E-state index in [9.17, 15) is 4.79 Å². The van der Waals surface area contributed by atoms with Crippen molar-refractivity contribution in [3.8, 4) is 5.75 Å². The van der Waals surface area contributed by atoms with E-state index in [0.29, 0.717) is 17.9 Å². The molecule has 154 valence electrons. The van der Waals surface area contributed by atoms with Gasteiger partial charge in [0, 0.05) is 38.1 Å². The second kappa shape index (κ2) is 7.96. The first kappa shape index (κ1) is 18.9. The van der Waals surface area contributed by atoms with E-state index in [2.05, 4.69) is 40.1 Å². The van der Waals surface area contributed by atoms with Crippen LogP contribution < -0.4 is 4.74 Å². The Morgan fingerprint density at radius 1 is 1.00 bits per heavy atom. The molecular formula is C24H30N2O3. The Labute approximate surface area is 172 Å². The summed E-state index contributed by atoms with van der Waals surface area (Å²) in [6, 6.07) is 13.4. The van der Waals surface area contributed by atoms with Crippen molar-refractivity contribution < 1.29 is 14.3 Å². The first-order chi connectivity index (χ1) is 14.2. The van der Waals surface area contributed by atoms with Crippen molar-refractivity contribution >= 4 is 16.7 Å². The highest BCUT2D eigenvalue weighted by molar-refractivity contribution is 5.84. The molecule has 3 fully saturated rings. The molecule has 0 bridgehead atoms. The van der Waals surface area contributed by atoms with Gasteiger partial charge in [-0.05, 0) is 60.2 Å². The predicted octanol–water partition coefficient (Wildman–Crippen LogP) is 3.62. The number of ether oxygens (including phenoxy) is 2. The number of amides is 1. The molecule has 29 heavy (non-hydrogen) atoms. The van der Waals surface area contributed by atoms with Crippen molar-refractivity contribution in [1.82, 2.24) is 9.80 Å². The van der Waals surface area contributed by atoms with Crippen LogP contribution >= 0.6 is 0 Å². The molecule has 1 atom stereocenters. The molecule has 1 aliphatic carbocycles. The third-order valence-electron chi connectivity index (χ3n) is 6.76. The zero-order valence-electron chi connectivity index (χ0n) is 17.2. The zero-order chi connectivity index (χ0) is 19.8. The maximum Gasteiger partial charge on any atom is 0.225 e. The second-order valence-corrected chi connectivity index (χ2v) is 8.66. The summed E-state index contributed by atoms with van der Waals surface area (Å²) >= 11 is 0. The van der Waals surface area contributed by atoms with Gasteiger partial charge in [-0.3, -0.25) is 9.69 Å². The molecule has 0 unspecified atom stereocenters. The smallest absolute Gasteiger partial charge is 0.225 e. The molecule has 0 spiro atoms. The van der Waals surface area contributed by atoms with Crippen LogP contribution in [0.15, 0.2) is 36.4 Å². The fourth-order valence-corrected chi connectivity index (χ4v) is 4.81. The lowest BCUT2D eigenvalue weighted by molar-refractivity contribution is -0.134. The highest BCUT2D eigenvalue weighted by Gasteiger charge is 2.36. The van der Waals surface area contributed by atoms with Gasteiger partial charge in [-0.2, -0.15) is 0 Å². The number of carbonyl (C=O) groups excluding carboxylic acids is 1. The van der Waals surface area contributed by atoms with Gasteiger partial charge in [-0.25, -0.2) is 0 Å². The van der Waals surface area contributed by atoms with Gasteiger partial charge in [0.1, 0.15) is 5.75 Å². The number of rotatable bonds is 4. The number of nitrogens with zero attached hydrogens (tertiary/aromatic N) is 2. The molecule has 1 amide bonds. The van der Waals surface area contributed by atoms with E-state index < -0.39 is 0 Å². The maximum atomic E-state index is 12.3. The van der Waals surface area contributed by atoms with Gasteiger partial charge in [0.15, 0.2) is 0 Å². The summed E-state index contributed by atoms with van der Waals surface area (Å²) in [5.74, 6) is 1.63. The topological polar surface area (TPSA) is 42.0 Å². The Balaban J connectivity index is 1.23. The summed E-state index contributed by atoms with van der Waals surface area (Å²) in [6.45, 7) is 4.53. The van der Waals surface area contributed by atoms with Crippen LogP contribution in [0.5, 0.6) is 5.75 Å². The quantitative estimate of drug-likeness (QED) is 0.794. The van der Waals surface area contributed by atoms with E-state index in [4.69, 9.17) is 9.47 Å². The Kier molecular flexibility index (Phi) is 5.18. The van der Waals surface area contributed by atoms with E-state index in [0.717, 1.165) is 64.2 Å². The summed E-state index contributed by atoms with van der Waals surface area (Å²) in [5.41, 5.74) is 1.24. The number of methoxy groups -OCH3 is 1. The van der Waals surface area contributed by atoms with Crippen molar-refractivity contribution in [2.75, 3.05) is 39.9 Å². The minimum absolute atomic E-state index is 0.112. The average Bonchev–Trinajstić information content (AvgIpc) is 3.63. The van der Waals surface area contributed by atoms with Crippen molar-refractivity contribution in [2.45, 2.75) is 37.8 Å². The summed E-state index contributed by atoms with van der Waals surface area (Å²) in [4.78, 5) is 17.0. The minimum Gasteiger partial charge on any atom is -0.497 e. The maximum absolute atomic E-state index is 12.3. The van der Waals surface area contributed by atoms with Crippen LogP contribution in [0.4, 0.5) is 0 Å². The number of piperidine rings is 1. The first-order valence-electron chi connectivity index (χ1n) is 10.9. The number of fused-ring (bicyclic) bond motifs is 1. The van der Waals surface area contributed by atoms with E-state index >= 15 is 0 Å². The highest BCUT2D eigenvalue weighted by Crippen LogP contribution is 2.33. The van der Waals surface area contributed by atoms with Crippen LogP contribution in [0.3, 0.4) is 0 Å². The Morgan fingerprint density at radius 2 is 1.76 bits per heavy atom. The van der Waals surface area contributed by atoms with E-state index in [1.165, 1.54) is 16.3 Å². The van der Waals surface area contributed by atoms with Crippen LogP contribution in [0.25, 0.3) is 10.8 Å². The van der Waals surface area contributed by atoms with Crippen molar-refractivity contribution in [3.63, 3.8) is 0 Å². The summed E-state index contributed by atoms with van der Waals surface area (Å²) in [7, 11) is 1.70. The van der Waals surface area contributed by atoms with Gasteiger partial charge >= 0.3 is 0 Å². The second-order valence-electron chi connectivity index (χ2n) is 8.66. The minimum atomic E-state index is 0.112. The molecular weight excluding hydrogens is 364 g/mol. The molecule has 1 saturated carbocycles. The summed E-state index contributed by atoms with van der Waals surface area (Å²) < 4.78 is 11.5. The van der Waals surface area contributed by atoms with E-state index in [1.54, 1.807) is 7.11 Å². The standard InChI is InChI=1S/C24H30N2O3/c1-28-22-7-6-18-14-20(5-4-19(18)15-22)23-16-26(12-13-29-23)21-8-10-25(11-9-21)24(27)17-2-3-17/h4-7,14-15,17,21,23H,2-3,8-13,16H2,1H3/t23-/m1/s1. The van der Waals surface area contributed by atoms with Crippen LogP contribution in [-0.2, 0) is 9.53 Å². The van der Waals surface area contributed by atoms with Crippen molar-refractivity contribution in [1.29, 1.82) is 0 Å². The highest BCUT2D eigenvalue weighted by atomic mass is 16.5. The van der Waals surface area contributed by atoms with Crippen molar-refractivity contribution in [2.24, 2.45) is 5.92 Å². The molecule has 5 nitrogen and oxygen atoms in total. The molecule has 0 N–H and O–H groups in total. The normalized spacial score (nSPS) is 24.0. The van der Waals surface area contributed by atoms with Gasteiger partial charge in [0.2, 0.25) is 5.91 Å². The SMILES string of the molecule is COc1ccc2cc([C@H]3CN(C4CCN(C(=O)C5CC5)CC4)CCO3)ccc2c1. The largest absolute Gasteiger partial charge is 0.497 e. The van der Waals surface area contributed by atoms with Gasteiger partial charge in [0.25, 0.3) is 0 Å². The third kappa shape index (κ3) is 3.99. The fourth-order valence-electron chi connectivity index (χ4n) is 4.81. The lowest BCUT2D eigenvalue weighted by atomic mass is 9.98. The van der Waals surface area contributed by atoms with Crippen LogP contribution in [-0.4, -0.2) is 61.6 Å². The Hall–Kier alpha value is -2.11. The predicted molar refractivity (Wildman–Crippen MR) is 113 cm³/mol. The molecule has 5 heteroatoms. The fraction of sp³-hybridized carbons (Fsp3) is 0.542. The number of carbonyl (C=O) groups is 1. The molecule has 3 aliphatic rings. The first-order valence-corrected chi connectivity index (χ1v) is 10.9. The third-order valence-corrected chi connectivity index (χ3v) is 6.76. The zero-order valence-corrected chi connectivity index (χ0v) is 17.2. The molecule has 2 aliphatic heterocycles. The summed E-state index contributed by atoms with van der Waals surface area (Å²) in [6.07, 6.45) is 4.48. The number of hydrogen-bond acceptors (Lipinski definition) is 4. The van der Waals surface area contributed by atoms with E-state index in [-0.39, 0.29) is 6.10 Å². The number of hydrogen-bond donors (Lipinski definition) is 0. The summed E-state index contributed by atoms with van der Waals surface area (Å²) in [5, 5.41) is 2.41. The Morgan fingerprint density at radius 3 is 2.52 bits per heavy atom. The molecule has 5 rings (SSSR count). The molecule has 2 aromatic rings. The lowest BCUT2D eigenvalue weighted by Gasteiger charge is -2.42. The molecule has 2 heterocycles. The molecule has 2 saturated heterocycles.